The second-order valence-corrected chi connectivity index (χ2v) is 6.28. The summed E-state index contributed by atoms with van der Waals surface area (Å²) in [6.45, 7) is 0. The lowest BCUT2D eigenvalue weighted by Gasteiger charge is -2.10. The summed E-state index contributed by atoms with van der Waals surface area (Å²) in [7, 11) is 0. The Bertz CT molecular complexity index is 684. The highest BCUT2D eigenvalue weighted by Crippen LogP contribution is 2.27. The number of carboxylic acids is 1. The summed E-state index contributed by atoms with van der Waals surface area (Å²) in [5, 5.41) is 14.4. The predicted octanol–water partition coefficient (Wildman–Crippen LogP) is 2.79. The number of aliphatic carboxylic acids is 1. The quantitative estimate of drug-likeness (QED) is 0.909. The monoisotopic (exact) mass is 316 g/mol. The van der Waals surface area contributed by atoms with Gasteiger partial charge >= 0.3 is 5.97 Å². The van der Waals surface area contributed by atoms with E-state index in [0.29, 0.717) is 25.0 Å². The highest BCUT2D eigenvalue weighted by molar-refractivity contribution is 7.13. The lowest BCUT2D eigenvalue weighted by atomic mass is 10.1. The van der Waals surface area contributed by atoms with Crippen molar-refractivity contribution in [3.8, 4) is 10.6 Å². The minimum absolute atomic E-state index is 0.0736. The largest absolute Gasteiger partial charge is 0.481 e. The van der Waals surface area contributed by atoms with E-state index in [2.05, 4.69) is 10.3 Å². The van der Waals surface area contributed by atoms with E-state index in [0.717, 1.165) is 10.6 Å². The molecule has 1 fully saturated rings. The Balaban J connectivity index is 1.64. The number of carbonyl (C=O) groups is 2. The second-order valence-electron chi connectivity index (χ2n) is 5.42. The highest BCUT2D eigenvalue weighted by Gasteiger charge is 2.31. The fourth-order valence-corrected chi connectivity index (χ4v) is 3.49. The van der Waals surface area contributed by atoms with E-state index in [1.165, 1.54) is 11.3 Å². The number of rotatable bonds is 4. The van der Waals surface area contributed by atoms with Gasteiger partial charge in [-0.2, -0.15) is 0 Å². The van der Waals surface area contributed by atoms with Gasteiger partial charge < -0.3 is 10.4 Å². The van der Waals surface area contributed by atoms with Crippen LogP contribution in [0.4, 0.5) is 0 Å². The van der Waals surface area contributed by atoms with Crippen LogP contribution in [0.3, 0.4) is 0 Å². The van der Waals surface area contributed by atoms with Crippen LogP contribution in [0.2, 0.25) is 0 Å². The lowest BCUT2D eigenvalue weighted by Crippen LogP contribution is -2.33. The molecule has 2 aromatic rings. The summed E-state index contributed by atoms with van der Waals surface area (Å²) in [5.74, 6) is -1.35. The molecule has 3 rings (SSSR count). The van der Waals surface area contributed by atoms with Gasteiger partial charge in [0.25, 0.3) is 5.91 Å². The molecule has 2 atom stereocenters. The zero-order valence-corrected chi connectivity index (χ0v) is 12.7. The third-order valence-electron chi connectivity index (χ3n) is 3.87. The Hall–Kier alpha value is -2.21. The van der Waals surface area contributed by atoms with Crippen molar-refractivity contribution in [2.24, 2.45) is 5.92 Å². The first-order valence-electron chi connectivity index (χ1n) is 7.18. The highest BCUT2D eigenvalue weighted by atomic mass is 32.1. The molecule has 5 nitrogen and oxygen atoms in total. The van der Waals surface area contributed by atoms with Gasteiger partial charge in [-0.15, -0.1) is 11.3 Å². The molecule has 1 aromatic carbocycles. The number of carboxylic acid groups (broad SMARTS) is 1. The van der Waals surface area contributed by atoms with Crippen molar-refractivity contribution in [3.05, 3.63) is 41.4 Å². The van der Waals surface area contributed by atoms with Crippen molar-refractivity contribution in [3.63, 3.8) is 0 Å². The summed E-state index contributed by atoms with van der Waals surface area (Å²) in [6, 6.07) is 9.63. The Labute approximate surface area is 132 Å². The molecule has 0 bridgehead atoms. The van der Waals surface area contributed by atoms with Crippen molar-refractivity contribution in [1.82, 2.24) is 10.3 Å². The first-order valence-corrected chi connectivity index (χ1v) is 8.06. The van der Waals surface area contributed by atoms with Gasteiger partial charge in [-0.1, -0.05) is 30.3 Å². The SMILES string of the molecule is O=C(N[C@H]1CC[C@@H](C(=O)O)C1)c1csc(-c2ccccc2)n1. The van der Waals surface area contributed by atoms with Crippen molar-refractivity contribution < 1.29 is 14.7 Å². The zero-order valence-electron chi connectivity index (χ0n) is 11.9. The van der Waals surface area contributed by atoms with Crippen LogP contribution in [0, 0.1) is 5.92 Å². The number of nitrogens with zero attached hydrogens (tertiary/aromatic N) is 1. The molecular weight excluding hydrogens is 300 g/mol. The smallest absolute Gasteiger partial charge is 0.306 e. The molecule has 0 unspecified atom stereocenters. The Morgan fingerprint density at radius 3 is 2.68 bits per heavy atom. The fourth-order valence-electron chi connectivity index (χ4n) is 2.69. The van der Waals surface area contributed by atoms with Crippen LogP contribution >= 0.6 is 11.3 Å². The number of hydrogen-bond donors (Lipinski definition) is 2. The van der Waals surface area contributed by atoms with Crippen molar-refractivity contribution in [2.45, 2.75) is 25.3 Å². The molecule has 1 aliphatic carbocycles. The average molecular weight is 316 g/mol. The topological polar surface area (TPSA) is 79.3 Å². The molecule has 0 aliphatic heterocycles. The van der Waals surface area contributed by atoms with Crippen molar-refractivity contribution in [2.75, 3.05) is 0 Å². The van der Waals surface area contributed by atoms with Gasteiger partial charge in [0.05, 0.1) is 5.92 Å². The van der Waals surface area contributed by atoms with E-state index < -0.39 is 5.97 Å². The zero-order chi connectivity index (χ0) is 15.5. The number of thiazole rings is 1. The first-order chi connectivity index (χ1) is 10.6. The van der Waals surface area contributed by atoms with Gasteiger partial charge in [-0.25, -0.2) is 4.98 Å². The van der Waals surface area contributed by atoms with Crippen molar-refractivity contribution in [1.29, 1.82) is 0 Å². The standard InChI is InChI=1S/C16H16N2O3S/c19-14(17-12-7-6-11(8-12)16(20)21)13-9-22-15(18-13)10-4-2-1-3-5-10/h1-5,9,11-12H,6-8H2,(H,17,19)(H,20,21)/t11-,12+/m1/s1. The Kier molecular flexibility index (Phi) is 4.20. The maximum absolute atomic E-state index is 12.2. The summed E-state index contributed by atoms with van der Waals surface area (Å²) < 4.78 is 0. The van der Waals surface area contributed by atoms with Gasteiger partial charge in [-0.3, -0.25) is 9.59 Å². The minimum atomic E-state index is -0.781. The normalized spacial score (nSPS) is 20.7. The maximum atomic E-state index is 12.2. The van der Waals surface area contributed by atoms with Crippen LogP contribution in [0.15, 0.2) is 35.7 Å². The Morgan fingerprint density at radius 2 is 2.00 bits per heavy atom. The van der Waals surface area contributed by atoms with E-state index in [1.54, 1.807) is 5.38 Å². The van der Waals surface area contributed by atoms with Crippen LogP contribution in [0.1, 0.15) is 29.8 Å². The van der Waals surface area contributed by atoms with Crippen LogP contribution in [0.5, 0.6) is 0 Å². The summed E-state index contributed by atoms with van der Waals surface area (Å²) in [4.78, 5) is 27.5. The molecule has 6 heteroatoms. The van der Waals surface area contributed by atoms with Crippen molar-refractivity contribution >= 4 is 23.2 Å². The van der Waals surface area contributed by atoms with Gasteiger partial charge in [0.2, 0.25) is 0 Å². The van der Waals surface area contributed by atoms with Crippen LogP contribution in [-0.4, -0.2) is 28.0 Å². The van der Waals surface area contributed by atoms with Crippen LogP contribution in [-0.2, 0) is 4.79 Å². The second kappa shape index (κ2) is 6.27. The predicted molar refractivity (Wildman–Crippen MR) is 83.8 cm³/mol. The number of aromatic nitrogens is 1. The maximum Gasteiger partial charge on any atom is 0.306 e. The van der Waals surface area contributed by atoms with Gasteiger partial charge in [0, 0.05) is 17.0 Å². The number of carbonyl (C=O) groups excluding carboxylic acids is 1. The molecule has 0 spiro atoms. The van der Waals surface area contributed by atoms with Gasteiger partial charge in [0.15, 0.2) is 0 Å². The van der Waals surface area contributed by atoms with E-state index in [4.69, 9.17) is 5.11 Å². The molecule has 0 radical (unpaired) electrons. The van der Waals surface area contributed by atoms with Crippen LogP contribution in [0.25, 0.3) is 10.6 Å². The fraction of sp³-hybridized carbons (Fsp3) is 0.312. The van der Waals surface area contributed by atoms with E-state index in [1.807, 2.05) is 30.3 Å². The third-order valence-corrected chi connectivity index (χ3v) is 4.77. The van der Waals surface area contributed by atoms with Gasteiger partial charge in [-0.05, 0) is 19.3 Å². The summed E-state index contributed by atoms with van der Waals surface area (Å²) in [6.07, 6.45) is 1.82. The lowest BCUT2D eigenvalue weighted by molar-refractivity contribution is -0.141. The molecule has 1 aliphatic rings. The number of nitrogens with one attached hydrogen (secondary N) is 1. The van der Waals surface area contributed by atoms with E-state index >= 15 is 0 Å². The van der Waals surface area contributed by atoms with E-state index in [-0.39, 0.29) is 17.9 Å². The molecule has 2 N–H and O–H groups in total. The average Bonchev–Trinajstić information content (AvgIpc) is 3.17. The molecule has 22 heavy (non-hydrogen) atoms. The summed E-state index contributed by atoms with van der Waals surface area (Å²) in [5.41, 5.74) is 1.38. The number of benzene rings is 1. The number of hydrogen-bond acceptors (Lipinski definition) is 4. The van der Waals surface area contributed by atoms with E-state index in [9.17, 15) is 9.59 Å². The molecule has 1 heterocycles. The molecular formula is C16H16N2O3S. The minimum Gasteiger partial charge on any atom is -0.481 e. The van der Waals surface area contributed by atoms with Gasteiger partial charge in [0.1, 0.15) is 10.7 Å². The van der Waals surface area contributed by atoms with Crippen LogP contribution < -0.4 is 5.32 Å². The molecule has 1 saturated carbocycles. The first kappa shape index (κ1) is 14.7. The molecule has 114 valence electrons. The Morgan fingerprint density at radius 1 is 1.23 bits per heavy atom. The molecule has 1 aromatic heterocycles. The molecule has 0 saturated heterocycles. The molecule has 1 amide bonds. The number of amides is 1. The third kappa shape index (κ3) is 3.17. The summed E-state index contributed by atoms with van der Waals surface area (Å²) >= 11 is 1.43.